The van der Waals surface area contributed by atoms with Crippen LogP contribution in [0.4, 0.5) is 17.2 Å². The van der Waals surface area contributed by atoms with E-state index in [4.69, 9.17) is 19.9 Å². The summed E-state index contributed by atoms with van der Waals surface area (Å²) in [7, 11) is 0. The smallest absolute Gasteiger partial charge is 0.167 e. The molecule has 0 aliphatic rings. The van der Waals surface area contributed by atoms with E-state index in [9.17, 15) is 5.11 Å². The first-order valence-corrected chi connectivity index (χ1v) is 16.6. The first-order valence-electron chi connectivity index (χ1n) is 16.6. The Hall–Kier alpha value is -5.10. The zero-order valence-electron chi connectivity index (χ0n) is 29.5. The average Bonchev–Trinajstić information content (AvgIpc) is 3.04. The van der Waals surface area contributed by atoms with Gasteiger partial charge in [-0.25, -0.2) is 19.9 Å². The maximum Gasteiger partial charge on any atom is 0.167 e. The molecule has 6 heteroatoms. The highest BCUT2D eigenvalue weighted by atomic mass is 16.3. The van der Waals surface area contributed by atoms with Crippen LogP contribution in [0.1, 0.15) is 79.3 Å². The van der Waals surface area contributed by atoms with Crippen molar-refractivity contribution in [3.05, 3.63) is 120 Å². The van der Waals surface area contributed by atoms with Crippen LogP contribution < -0.4 is 4.90 Å². The van der Waals surface area contributed by atoms with Gasteiger partial charge in [0, 0.05) is 33.8 Å². The van der Waals surface area contributed by atoms with Crippen LogP contribution in [0.25, 0.3) is 33.5 Å². The van der Waals surface area contributed by atoms with Gasteiger partial charge in [0.05, 0.1) is 11.3 Å². The van der Waals surface area contributed by atoms with Crippen LogP contribution in [0.2, 0.25) is 0 Å². The number of aromatic hydroxyl groups is 1. The third-order valence-electron chi connectivity index (χ3n) is 8.58. The van der Waals surface area contributed by atoms with Gasteiger partial charge in [-0.15, -0.1) is 0 Å². The summed E-state index contributed by atoms with van der Waals surface area (Å²) < 4.78 is 0. The van der Waals surface area contributed by atoms with Crippen molar-refractivity contribution in [2.45, 2.75) is 78.6 Å². The van der Waals surface area contributed by atoms with E-state index in [2.05, 4.69) is 128 Å². The summed E-state index contributed by atoms with van der Waals surface area (Å²) in [4.78, 5) is 22.0. The molecule has 6 rings (SSSR count). The summed E-state index contributed by atoms with van der Waals surface area (Å²) >= 11 is 0. The van der Waals surface area contributed by atoms with Gasteiger partial charge in [-0.3, -0.25) is 4.90 Å². The van der Waals surface area contributed by atoms with E-state index in [-0.39, 0.29) is 22.0 Å². The average molecular weight is 636 g/mol. The van der Waals surface area contributed by atoms with Crippen LogP contribution in [-0.2, 0) is 16.2 Å². The van der Waals surface area contributed by atoms with Crippen molar-refractivity contribution < 1.29 is 5.11 Å². The highest BCUT2D eigenvalue weighted by molar-refractivity contribution is 5.98. The summed E-state index contributed by atoms with van der Waals surface area (Å²) in [6.45, 7) is 19.2. The molecule has 1 N–H and O–H groups in total. The van der Waals surface area contributed by atoms with Crippen LogP contribution in [0.3, 0.4) is 0 Å². The Balaban J connectivity index is 1.57. The van der Waals surface area contributed by atoms with Crippen molar-refractivity contribution in [3.63, 3.8) is 0 Å². The minimum absolute atomic E-state index is 0.143. The van der Waals surface area contributed by atoms with Gasteiger partial charge in [0.25, 0.3) is 0 Å². The second-order valence-electron chi connectivity index (χ2n) is 15.5. The Kier molecular flexibility index (Phi) is 8.32. The number of hydrogen-bond acceptors (Lipinski definition) is 6. The van der Waals surface area contributed by atoms with Crippen LogP contribution in [0.5, 0.6) is 5.75 Å². The maximum atomic E-state index is 11.8. The molecule has 0 fully saturated rings. The molecule has 6 nitrogen and oxygen atoms in total. The Morgan fingerprint density at radius 2 is 1.29 bits per heavy atom. The van der Waals surface area contributed by atoms with Crippen LogP contribution in [0.15, 0.2) is 103 Å². The van der Waals surface area contributed by atoms with E-state index in [1.54, 1.807) is 0 Å². The summed E-state index contributed by atoms with van der Waals surface area (Å²) in [6.07, 6.45) is 1.81. The number of aromatic nitrogens is 4. The number of rotatable bonds is 5. The molecule has 244 valence electrons. The second-order valence-corrected chi connectivity index (χ2v) is 15.5. The predicted octanol–water partition coefficient (Wildman–Crippen LogP) is 10.8. The molecule has 0 amide bonds. The van der Waals surface area contributed by atoms with Gasteiger partial charge in [0.2, 0.25) is 0 Å². The number of anilines is 3. The van der Waals surface area contributed by atoms with Crippen molar-refractivity contribution in [2.75, 3.05) is 4.90 Å². The first-order chi connectivity index (χ1) is 22.6. The molecular formula is C42H45N5O. The maximum absolute atomic E-state index is 11.8. The highest BCUT2D eigenvalue weighted by Gasteiger charge is 2.28. The van der Waals surface area contributed by atoms with Crippen molar-refractivity contribution in [3.8, 4) is 28.5 Å². The third kappa shape index (κ3) is 6.52. The first kappa shape index (κ1) is 32.8. The van der Waals surface area contributed by atoms with E-state index < -0.39 is 0 Å². The van der Waals surface area contributed by atoms with Crippen LogP contribution in [-0.4, -0.2) is 25.0 Å². The molecule has 0 spiro atoms. The quantitative estimate of drug-likeness (QED) is 0.203. The largest absolute Gasteiger partial charge is 0.507 e. The summed E-state index contributed by atoms with van der Waals surface area (Å²) in [5, 5.41) is 14.0. The van der Waals surface area contributed by atoms with Crippen molar-refractivity contribution >= 4 is 28.0 Å². The van der Waals surface area contributed by atoms with Gasteiger partial charge >= 0.3 is 0 Å². The van der Waals surface area contributed by atoms with Crippen LogP contribution >= 0.6 is 0 Å². The fourth-order valence-corrected chi connectivity index (χ4v) is 5.84. The molecular weight excluding hydrogens is 590 g/mol. The molecule has 0 saturated heterocycles. The number of hydrogen-bond donors (Lipinski definition) is 1. The van der Waals surface area contributed by atoms with E-state index in [0.717, 1.165) is 44.7 Å². The topological polar surface area (TPSA) is 75.0 Å². The number of benzene rings is 4. The van der Waals surface area contributed by atoms with E-state index in [1.807, 2.05) is 42.6 Å². The van der Waals surface area contributed by atoms with Gasteiger partial charge in [-0.2, -0.15) is 0 Å². The van der Waals surface area contributed by atoms with Crippen molar-refractivity contribution in [1.29, 1.82) is 0 Å². The van der Waals surface area contributed by atoms with Gasteiger partial charge in [-0.05, 0) is 58.2 Å². The minimum Gasteiger partial charge on any atom is -0.507 e. The summed E-state index contributed by atoms with van der Waals surface area (Å²) in [5.41, 5.74) is 4.59. The second kappa shape index (κ2) is 12.2. The van der Waals surface area contributed by atoms with Crippen molar-refractivity contribution in [2.24, 2.45) is 0 Å². The minimum atomic E-state index is -0.364. The predicted molar refractivity (Wildman–Crippen MR) is 198 cm³/mol. The molecule has 2 aromatic heterocycles. The molecule has 0 aliphatic heterocycles. The van der Waals surface area contributed by atoms with Crippen molar-refractivity contribution in [1.82, 2.24) is 19.9 Å². The molecule has 6 aromatic rings. The standard InChI is InChI=1S/C42H45N5O/c1-40(2,3)29-25-32(36(48)33(26-29)41(4,5)6)38-44-37(45-39(46-38)42(7,8)9)28-18-14-19-30(24-28)47(35-22-12-13-23-43-35)34-21-15-17-27-16-10-11-20-31(27)34/h10-26,48H,1-9H3. The lowest BCUT2D eigenvalue weighted by molar-refractivity contribution is 0.446. The van der Waals surface area contributed by atoms with E-state index in [1.165, 1.54) is 0 Å². The molecule has 0 unspecified atom stereocenters. The molecule has 0 aliphatic carbocycles. The molecule has 4 aromatic carbocycles. The lowest BCUT2D eigenvalue weighted by Gasteiger charge is -2.27. The van der Waals surface area contributed by atoms with Gasteiger partial charge in [0.1, 0.15) is 17.4 Å². The molecule has 0 bridgehead atoms. The molecule has 0 atom stereocenters. The Labute approximate surface area is 284 Å². The molecule has 0 radical (unpaired) electrons. The summed E-state index contributed by atoms with van der Waals surface area (Å²) in [5.74, 6) is 2.67. The number of phenols is 1. The Morgan fingerprint density at radius 1 is 0.604 bits per heavy atom. The fourth-order valence-electron chi connectivity index (χ4n) is 5.84. The molecule has 0 saturated carbocycles. The number of nitrogens with zero attached hydrogens (tertiary/aromatic N) is 5. The Bertz CT molecular complexity index is 2100. The van der Waals surface area contributed by atoms with Gasteiger partial charge in [-0.1, -0.05) is 123 Å². The number of phenolic OH excluding ortho intramolecular Hbond substituents is 1. The van der Waals surface area contributed by atoms with Crippen LogP contribution in [0, 0.1) is 0 Å². The Morgan fingerprint density at radius 3 is 1.98 bits per heavy atom. The normalized spacial score (nSPS) is 12.4. The zero-order chi connectivity index (χ0) is 34.4. The fraction of sp³-hybridized carbons (Fsp3) is 0.286. The van der Waals surface area contributed by atoms with Gasteiger partial charge in [0.15, 0.2) is 11.6 Å². The van der Waals surface area contributed by atoms with E-state index in [0.29, 0.717) is 23.0 Å². The summed E-state index contributed by atoms with van der Waals surface area (Å²) in [6, 6.07) is 33.1. The monoisotopic (exact) mass is 635 g/mol. The third-order valence-corrected chi connectivity index (χ3v) is 8.58. The lowest BCUT2D eigenvalue weighted by atomic mass is 9.79. The SMILES string of the molecule is CC(C)(C)c1cc(-c2nc(-c3cccc(N(c4ccccn4)c4cccc5ccccc45)c3)nc(C(C)(C)C)n2)c(O)c(C(C)(C)C)c1. The zero-order valence-corrected chi connectivity index (χ0v) is 29.5. The van der Waals surface area contributed by atoms with Gasteiger partial charge < -0.3 is 5.11 Å². The molecule has 48 heavy (non-hydrogen) atoms. The highest BCUT2D eigenvalue weighted by Crippen LogP contribution is 2.43. The number of pyridine rings is 1. The number of fused-ring (bicyclic) bond motifs is 1. The van der Waals surface area contributed by atoms with E-state index >= 15 is 0 Å². The lowest BCUT2D eigenvalue weighted by Crippen LogP contribution is -2.19. The molecule has 2 heterocycles.